The van der Waals surface area contributed by atoms with Gasteiger partial charge in [0.1, 0.15) is 4.21 Å². The minimum Gasteiger partial charge on any atom is -0.385 e. The smallest absolute Gasteiger partial charge is 0.300 e. The first-order valence-electron chi connectivity index (χ1n) is 5.23. The normalized spacial score (nSPS) is 13.4. The largest absolute Gasteiger partial charge is 0.385 e. The van der Waals surface area contributed by atoms with E-state index >= 15 is 0 Å². The molecule has 0 saturated carbocycles. The lowest BCUT2D eigenvalue weighted by Crippen LogP contribution is -2.32. The molecule has 1 aromatic heterocycles. The second-order valence-electron chi connectivity index (χ2n) is 3.79. The van der Waals surface area contributed by atoms with E-state index in [0.717, 1.165) is 6.07 Å². The molecule has 0 aliphatic carbocycles. The van der Waals surface area contributed by atoms with Crippen molar-refractivity contribution < 1.29 is 18.1 Å². The molecule has 0 radical (unpaired) electrons. The standard InChI is InChI=1S/C9H13ClN2O5S2/c1-6(3-4-17-2)11-19(15,16)8-5-7(12(13)14)9(10)18-8/h5-6,11H,3-4H2,1-2H3. The van der Waals surface area contributed by atoms with E-state index in [9.17, 15) is 18.5 Å². The second kappa shape index (κ2) is 6.62. The maximum Gasteiger partial charge on any atom is 0.300 e. The SMILES string of the molecule is COCCC(C)NS(=O)(=O)c1cc([N+](=O)[O-])c(Cl)s1. The van der Waals surface area contributed by atoms with E-state index in [1.807, 2.05) is 0 Å². The van der Waals surface area contributed by atoms with Gasteiger partial charge in [0.05, 0.1) is 4.92 Å². The van der Waals surface area contributed by atoms with E-state index in [1.54, 1.807) is 6.92 Å². The van der Waals surface area contributed by atoms with Crippen molar-refractivity contribution in [1.29, 1.82) is 0 Å². The molecule has 0 aliphatic rings. The van der Waals surface area contributed by atoms with Crippen LogP contribution in [0.5, 0.6) is 0 Å². The van der Waals surface area contributed by atoms with Crippen LogP contribution < -0.4 is 4.72 Å². The molecule has 108 valence electrons. The minimum absolute atomic E-state index is 0.157. The van der Waals surface area contributed by atoms with Gasteiger partial charge in [-0.15, -0.1) is 11.3 Å². The van der Waals surface area contributed by atoms with Crippen LogP contribution in [-0.4, -0.2) is 33.1 Å². The Labute approximate surface area is 119 Å². The maximum absolute atomic E-state index is 12.0. The summed E-state index contributed by atoms with van der Waals surface area (Å²) in [5, 5.41) is 10.6. The van der Waals surface area contributed by atoms with Gasteiger partial charge in [0.15, 0.2) is 4.34 Å². The molecule has 1 aromatic rings. The third-order valence-corrected chi connectivity index (χ3v) is 5.62. The zero-order valence-electron chi connectivity index (χ0n) is 10.3. The van der Waals surface area contributed by atoms with Crippen molar-refractivity contribution in [3.63, 3.8) is 0 Å². The highest BCUT2D eigenvalue weighted by Crippen LogP contribution is 2.36. The number of nitrogens with one attached hydrogen (secondary N) is 1. The van der Waals surface area contributed by atoms with E-state index in [-0.39, 0.29) is 14.6 Å². The molecule has 1 atom stereocenters. The Balaban J connectivity index is 2.89. The van der Waals surface area contributed by atoms with Gasteiger partial charge in [0.2, 0.25) is 0 Å². The van der Waals surface area contributed by atoms with Crippen LogP contribution in [0.1, 0.15) is 13.3 Å². The molecule has 0 aliphatic heterocycles. The molecule has 0 bridgehead atoms. The van der Waals surface area contributed by atoms with Crippen LogP contribution in [0.4, 0.5) is 5.69 Å². The Kier molecular flexibility index (Phi) is 5.68. The molecule has 1 N–H and O–H groups in total. The van der Waals surface area contributed by atoms with Gasteiger partial charge in [0, 0.05) is 25.8 Å². The number of nitrogens with zero attached hydrogens (tertiary/aromatic N) is 1. The molecular formula is C9H13ClN2O5S2. The van der Waals surface area contributed by atoms with Crippen LogP contribution in [0.2, 0.25) is 4.34 Å². The molecular weight excluding hydrogens is 316 g/mol. The molecule has 1 heterocycles. The number of thiophene rings is 1. The van der Waals surface area contributed by atoms with Gasteiger partial charge < -0.3 is 4.74 Å². The lowest BCUT2D eigenvalue weighted by Gasteiger charge is -2.12. The summed E-state index contributed by atoms with van der Waals surface area (Å²) in [6.45, 7) is 2.09. The first-order chi connectivity index (χ1) is 8.77. The van der Waals surface area contributed by atoms with E-state index in [4.69, 9.17) is 16.3 Å². The fourth-order valence-electron chi connectivity index (χ4n) is 1.27. The number of methoxy groups -OCH3 is 1. The van der Waals surface area contributed by atoms with E-state index < -0.39 is 20.6 Å². The number of nitro groups is 1. The molecule has 19 heavy (non-hydrogen) atoms. The van der Waals surface area contributed by atoms with Crippen molar-refractivity contribution >= 4 is 38.6 Å². The summed E-state index contributed by atoms with van der Waals surface area (Å²) in [5.41, 5.74) is -0.406. The predicted molar refractivity (Wildman–Crippen MR) is 72.3 cm³/mol. The molecule has 0 fully saturated rings. The topological polar surface area (TPSA) is 98.5 Å². The fourth-order valence-corrected chi connectivity index (χ4v) is 4.23. The van der Waals surface area contributed by atoms with Gasteiger partial charge in [-0.05, 0) is 13.3 Å². The van der Waals surface area contributed by atoms with E-state index in [1.165, 1.54) is 7.11 Å². The number of hydrogen-bond acceptors (Lipinski definition) is 6. The molecule has 7 nitrogen and oxygen atoms in total. The molecule has 1 unspecified atom stereocenters. The third-order valence-electron chi connectivity index (χ3n) is 2.22. The quantitative estimate of drug-likeness (QED) is 0.609. The first kappa shape index (κ1) is 16.3. The summed E-state index contributed by atoms with van der Waals surface area (Å²) in [6.07, 6.45) is 0.497. The van der Waals surface area contributed by atoms with Gasteiger partial charge >= 0.3 is 0 Å². The van der Waals surface area contributed by atoms with E-state index in [0.29, 0.717) is 24.4 Å². The highest BCUT2D eigenvalue weighted by molar-refractivity contribution is 7.91. The monoisotopic (exact) mass is 328 g/mol. The number of sulfonamides is 1. The summed E-state index contributed by atoms with van der Waals surface area (Å²) in [4.78, 5) is 9.91. The number of hydrogen-bond donors (Lipinski definition) is 1. The fraction of sp³-hybridized carbons (Fsp3) is 0.556. The van der Waals surface area contributed by atoms with Crippen LogP contribution in [0.3, 0.4) is 0 Å². The lowest BCUT2D eigenvalue weighted by molar-refractivity contribution is -0.384. The van der Waals surface area contributed by atoms with Crippen molar-refractivity contribution in [2.45, 2.75) is 23.6 Å². The molecule has 0 aromatic carbocycles. The van der Waals surface area contributed by atoms with Gasteiger partial charge in [-0.1, -0.05) is 11.6 Å². The van der Waals surface area contributed by atoms with Crippen molar-refractivity contribution in [2.75, 3.05) is 13.7 Å². The van der Waals surface area contributed by atoms with Crippen LogP contribution in [0, 0.1) is 10.1 Å². The Morgan fingerprint density at radius 2 is 2.26 bits per heavy atom. The molecule has 0 amide bonds. The van der Waals surface area contributed by atoms with Crippen molar-refractivity contribution in [3.05, 3.63) is 20.5 Å². The highest BCUT2D eigenvalue weighted by atomic mass is 35.5. The Morgan fingerprint density at radius 1 is 1.63 bits per heavy atom. The Morgan fingerprint density at radius 3 is 2.74 bits per heavy atom. The van der Waals surface area contributed by atoms with Gasteiger partial charge in [-0.25, -0.2) is 13.1 Å². The zero-order chi connectivity index (χ0) is 14.6. The molecule has 0 spiro atoms. The second-order valence-corrected chi connectivity index (χ2v) is 7.38. The highest BCUT2D eigenvalue weighted by Gasteiger charge is 2.26. The minimum atomic E-state index is -3.80. The van der Waals surface area contributed by atoms with Crippen LogP contribution in [0.15, 0.2) is 10.3 Å². The van der Waals surface area contributed by atoms with Crippen molar-refractivity contribution in [2.24, 2.45) is 0 Å². The average Bonchev–Trinajstić information content (AvgIpc) is 2.69. The van der Waals surface area contributed by atoms with Crippen molar-refractivity contribution in [1.82, 2.24) is 4.72 Å². The lowest BCUT2D eigenvalue weighted by atomic mass is 10.3. The van der Waals surface area contributed by atoms with Crippen molar-refractivity contribution in [3.8, 4) is 0 Å². The Bertz CT molecular complexity index is 557. The van der Waals surface area contributed by atoms with Crippen LogP contribution in [-0.2, 0) is 14.8 Å². The first-order valence-corrected chi connectivity index (χ1v) is 7.90. The van der Waals surface area contributed by atoms with Gasteiger partial charge in [-0.3, -0.25) is 10.1 Å². The summed E-state index contributed by atoms with van der Waals surface area (Å²) in [5.74, 6) is 0. The van der Waals surface area contributed by atoms with Gasteiger partial charge in [-0.2, -0.15) is 0 Å². The summed E-state index contributed by atoms with van der Waals surface area (Å²) >= 11 is 6.29. The molecule has 0 saturated heterocycles. The summed E-state index contributed by atoms with van der Waals surface area (Å²) in [7, 11) is -2.28. The number of halogens is 1. The van der Waals surface area contributed by atoms with Crippen LogP contribution >= 0.6 is 22.9 Å². The number of ether oxygens (including phenoxy) is 1. The molecule has 1 rings (SSSR count). The average molecular weight is 329 g/mol. The third kappa shape index (κ3) is 4.39. The molecule has 10 heteroatoms. The Hall–Kier alpha value is -0.740. The zero-order valence-corrected chi connectivity index (χ0v) is 12.6. The number of rotatable bonds is 7. The van der Waals surface area contributed by atoms with Gasteiger partial charge in [0.25, 0.3) is 15.7 Å². The predicted octanol–water partition coefficient (Wildman–Crippen LogP) is 2.01. The maximum atomic E-state index is 12.0. The van der Waals surface area contributed by atoms with Crippen LogP contribution in [0.25, 0.3) is 0 Å². The van der Waals surface area contributed by atoms with E-state index in [2.05, 4.69) is 4.72 Å². The summed E-state index contributed by atoms with van der Waals surface area (Å²) < 4.78 is 30.9. The summed E-state index contributed by atoms with van der Waals surface area (Å²) in [6, 6.07) is 0.614.